The van der Waals surface area contributed by atoms with E-state index in [-0.39, 0.29) is 6.10 Å². The molecule has 11 atom stereocenters. The number of nitrogens with two attached hydrogens (primary N) is 1. The van der Waals surface area contributed by atoms with Crippen molar-refractivity contribution in [2.45, 2.75) is 104 Å². The Labute approximate surface area is 184 Å². The number of aliphatic hydroxyl groups is 1. The van der Waals surface area contributed by atoms with Crippen LogP contribution in [0.4, 0.5) is 0 Å². The third kappa shape index (κ3) is 3.09. The topological polar surface area (TPSA) is 55.5 Å². The average Bonchev–Trinajstić information content (AvgIpc) is 3.20. The second kappa shape index (κ2) is 7.59. The average molecular weight is 416 g/mol. The predicted octanol–water partition coefficient (Wildman–Crippen LogP) is 5.31. The van der Waals surface area contributed by atoms with E-state index in [4.69, 9.17) is 10.5 Å². The normalized spacial score (nSPS) is 53.3. The molecule has 0 aromatic carbocycles. The van der Waals surface area contributed by atoms with E-state index in [1.807, 2.05) is 0 Å². The van der Waals surface area contributed by atoms with Gasteiger partial charge in [-0.05, 0) is 111 Å². The van der Waals surface area contributed by atoms with Crippen molar-refractivity contribution < 1.29 is 9.84 Å². The molecular formula is C27H45NO2. The van der Waals surface area contributed by atoms with E-state index < -0.39 is 0 Å². The molecule has 5 rings (SSSR count). The molecule has 0 aromatic heterocycles. The van der Waals surface area contributed by atoms with Gasteiger partial charge in [0.2, 0.25) is 0 Å². The summed E-state index contributed by atoms with van der Waals surface area (Å²) < 4.78 is 6.79. The summed E-state index contributed by atoms with van der Waals surface area (Å²) in [4.78, 5) is 0. The SMILES string of the molecule is CC(CN)CCC1O[C@H]2C[C@H]3[C@@H]4CC=C5CC(O)CC[C@]5(C)[C@H]4CC[C@]3(C)[C@H]2[C@@H]1C. The van der Waals surface area contributed by atoms with Crippen molar-refractivity contribution in [2.75, 3.05) is 6.54 Å². The maximum atomic E-state index is 10.2. The summed E-state index contributed by atoms with van der Waals surface area (Å²) in [6.45, 7) is 10.7. The van der Waals surface area contributed by atoms with Gasteiger partial charge in [0.05, 0.1) is 18.3 Å². The van der Waals surface area contributed by atoms with Crippen LogP contribution in [0.1, 0.15) is 85.5 Å². The Morgan fingerprint density at radius 2 is 2.03 bits per heavy atom. The van der Waals surface area contributed by atoms with Gasteiger partial charge in [-0.1, -0.05) is 39.3 Å². The molecule has 4 aliphatic carbocycles. The summed E-state index contributed by atoms with van der Waals surface area (Å²) in [6.07, 6.45) is 14.2. The first kappa shape index (κ1) is 21.5. The summed E-state index contributed by atoms with van der Waals surface area (Å²) in [5.41, 5.74) is 8.24. The van der Waals surface area contributed by atoms with E-state index in [0.29, 0.717) is 34.9 Å². The van der Waals surface area contributed by atoms with Crippen molar-refractivity contribution >= 4 is 0 Å². The van der Waals surface area contributed by atoms with E-state index in [1.165, 1.54) is 44.9 Å². The van der Waals surface area contributed by atoms with Gasteiger partial charge in [-0.15, -0.1) is 0 Å². The molecule has 1 saturated heterocycles. The van der Waals surface area contributed by atoms with Gasteiger partial charge in [0.15, 0.2) is 0 Å². The van der Waals surface area contributed by atoms with E-state index in [0.717, 1.165) is 43.1 Å². The summed E-state index contributed by atoms with van der Waals surface area (Å²) in [7, 11) is 0. The first-order valence-corrected chi connectivity index (χ1v) is 13.0. The van der Waals surface area contributed by atoms with Crippen molar-refractivity contribution in [1.29, 1.82) is 0 Å². The predicted molar refractivity (Wildman–Crippen MR) is 122 cm³/mol. The number of rotatable bonds is 4. The minimum atomic E-state index is -0.103. The molecule has 0 amide bonds. The summed E-state index contributed by atoms with van der Waals surface area (Å²) in [5, 5.41) is 10.2. The molecule has 0 spiro atoms. The fourth-order valence-corrected chi connectivity index (χ4v) is 9.23. The molecule has 5 aliphatic rings. The van der Waals surface area contributed by atoms with Crippen molar-refractivity contribution in [3.63, 3.8) is 0 Å². The van der Waals surface area contributed by atoms with E-state index >= 15 is 0 Å². The smallest absolute Gasteiger partial charge is 0.0618 e. The molecule has 3 heteroatoms. The van der Waals surface area contributed by atoms with Crippen LogP contribution in [0.5, 0.6) is 0 Å². The van der Waals surface area contributed by atoms with Gasteiger partial charge >= 0.3 is 0 Å². The molecule has 1 aliphatic heterocycles. The Morgan fingerprint density at radius 3 is 2.80 bits per heavy atom. The molecule has 3 unspecified atom stereocenters. The zero-order valence-electron chi connectivity index (χ0n) is 19.8. The lowest BCUT2D eigenvalue weighted by Gasteiger charge is -2.58. The van der Waals surface area contributed by atoms with Crippen LogP contribution < -0.4 is 5.73 Å². The number of allylic oxidation sites excluding steroid dienone is 1. The van der Waals surface area contributed by atoms with E-state index in [1.54, 1.807) is 5.57 Å². The Kier molecular flexibility index (Phi) is 5.43. The van der Waals surface area contributed by atoms with Crippen LogP contribution in [0.2, 0.25) is 0 Å². The molecule has 30 heavy (non-hydrogen) atoms. The van der Waals surface area contributed by atoms with Gasteiger partial charge in [0.1, 0.15) is 0 Å². The molecule has 1 heterocycles. The minimum Gasteiger partial charge on any atom is -0.393 e. The Hall–Kier alpha value is -0.380. The summed E-state index contributed by atoms with van der Waals surface area (Å²) >= 11 is 0. The highest BCUT2D eigenvalue weighted by Crippen LogP contribution is 2.69. The molecule has 0 bridgehead atoms. The van der Waals surface area contributed by atoms with Crippen LogP contribution in [0, 0.1) is 46.3 Å². The maximum absolute atomic E-state index is 10.2. The first-order chi connectivity index (χ1) is 14.3. The first-order valence-electron chi connectivity index (χ1n) is 13.0. The van der Waals surface area contributed by atoms with Crippen LogP contribution >= 0.6 is 0 Å². The Morgan fingerprint density at radius 1 is 1.23 bits per heavy atom. The second-order valence-corrected chi connectivity index (χ2v) is 12.5. The van der Waals surface area contributed by atoms with E-state index in [9.17, 15) is 5.11 Å². The third-order valence-corrected chi connectivity index (χ3v) is 11.0. The largest absolute Gasteiger partial charge is 0.393 e. The molecule has 0 aromatic rings. The van der Waals surface area contributed by atoms with Crippen molar-refractivity contribution in [2.24, 2.45) is 52.1 Å². The van der Waals surface area contributed by atoms with Crippen LogP contribution in [0.3, 0.4) is 0 Å². The molecule has 3 N–H and O–H groups in total. The highest BCUT2D eigenvalue weighted by atomic mass is 16.5. The molecule has 3 nitrogen and oxygen atoms in total. The monoisotopic (exact) mass is 415 g/mol. The van der Waals surface area contributed by atoms with Gasteiger partial charge in [0, 0.05) is 0 Å². The fourth-order valence-electron chi connectivity index (χ4n) is 9.23. The van der Waals surface area contributed by atoms with Gasteiger partial charge in [0.25, 0.3) is 0 Å². The second-order valence-electron chi connectivity index (χ2n) is 12.5. The molecular weight excluding hydrogens is 370 g/mol. The lowest BCUT2D eigenvalue weighted by atomic mass is 9.47. The third-order valence-electron chi connectivity index (χ3n) is 11.0. The minimum absolute atomic E-state index is 0.103. The van der Waals surface area contributed by atoms with Gasteiger partial charge in [-0.25, -0.2) is 0 Å². The van der Waals surface area contributed by atoms with Crippen LogP contribution in [-0.2, 0) is 4.74 Å². The highest BCUT2D eigenvalue weighted by Gasteiger charge is 2.64. The number of ether oxygens (including phenoxy) is 1. The van der Waals surface area contributed by atoms with Crippen LogP contribution in [0.25, 0.3) is 0 Å². The van der Waals surface area contributed by atoms with Crippen molar-refractivity contribution in [3.05, 3.63) is 11.6 Å². The zero-order valence-corrected chi connectivity index (χ0v) is 19.8. The number of hydrogen-bond donors (Lipinski definition) is 2. The van der Waals surface area contributed by atoms with E-state index in [2.05, 4.69) is 33.8 Å². The summed E-state index contributed by atoms with van der Waals surface area (Å²) in [5.74, 6) is 4.50. The highest BCUT2D eigenvalue weighted by molar-refractivity contribution is 5.26. The van der Waals surface area contributed by atoms with Crippen molar-refractivity contribution in [1.82, 2.24) is 0 Å². The van der Waals surface area contributed by atoms with Gasteiger partial charge < -0.3 is 15.6 Å². The molecule has 0 radical (unpaired) electrons. The lowest BCUT2D eigenvalue weighted by Crippen LogP contribution is -2.51. The molecule has 4 fully saturated rings. The Bertz CT molecular complexity index is 690. The van der Waals surface area contributed by atoms with Gasteiger partial charge in [-0.3, -0.25) is 0 Å². The Balaban J connectivity index is 1.34. The van der Waals surface area contributed by atoms with Crippen LogP contribution in [0.15, 0.2) is 11.6 Å². The standard InChI is InChI=1S/C27H45NO2/c1-16(15-28)5-8-23-17(2)25-24(30-23)14-22-20-7-6-18-13-19(29)9-11-26(18,3)21(20)10-12-27(22,25)4/h6,16-17,19-25,29H,5,7-15,28H2,1-4H3/t16?,17-,19?,20-,21+,22+,23?,24+,25+,26+,27+/m1/s1. The quantitative estimate of drug-likeness (QED) is 0.611. The lowest BCUT2D eigenvalue weighted by molar-refractivity contribution is -0.0589. The summed E-state index contributed by atoms with van der Waals surface area (Å²) in [6, 6.07) is 0. The maximum Gasteiger partial charge on any atom is 0.0618 e. The zero-order chi connectivity index (χ0) is 21.3. The number of fused-ring (bicyclic) bond motifs is 7. The van der Waals surface area contributed by atoms with Crippen LogP contribution in [-0.4, -0.2) is 30.0 Å². The molecule has 170 valence electrons. The van der Waals surface area contributed by atoms with Crippen molar-refractivity contribution in [3.8, 4) is 0 Å². The fraction of sp³-hybridized carbons (Fsp3) is 0.926. The number of hydrogen-bond acceptors (Lipinski definition) is 3. The molecule has 3 saturated carbocycles. The van der Waals surface area contributed by atoms with Gasteiger partial charge in [-0.2, -0.15) is 0 Å². The number of aliphatic hydroxyl groups excluding tert-OH is 1.